The number of aryl methyl sites for hydroxylation is 2. The Bertz CT molecular complexity index is 1530. The summed E-state index contributed by atoms with van der Waals surface area (Å²) in [6.07, 6.45) is 3.04. The normalized spacial score (nSPS) is 17.4. The molecule has 11 heteroatoms. The Morgan fingerprint density at radius 2 is 1.87 bits per heavy atom. The number of sulfonamides is 1. The van der Waals surface area contributed by atoms with Gasteiger partial charge in [0.2, 0.25) is 11.8 Å². The van der Waals surface area contributed by atoms with Crippen LogP contribution in [0.2, 0.25) is 0 Å². The molecule has 39 heavy (non-hydrogen) atoms. The van der Waals surface area contributed by atoms with Crippen molar-refractivity contribution in [1.29, 1.82) is 0 Å². The lowest BCUT2D eigenvalue weighted by Crippen LogP contribution is -2.47. The zero-order valence-corrected chi connectivity index (χ0v) is 23.2. The molecular weight excluding hydrogens is 516 g/mol. The van der Waals surface area contributed by atoms with E-state index in [1.807, 2.05) is 45.9 Å². The predicted octanol–water partition coefficient (Wildman–Crippen LogP) is 2.44. The lowest BCUT2D eigenvalue weighted by Gasteiger charge is -2.32. The molecule has 1 aliphatic heterocycles. The molecule has 5 N–H and O–H groups in total. The Kier molecular flexibility index (Phi) is 8.01. The Morgan fingerprint density at radius 3 is 2.51 bits per heavy atom. The molecular formula is C28H33N6O4S+. The van der Waals surface area contributed by atoms with E-state index in [9.17, 15) is 13.2 Å². The predicted molar refractivity (Wildman–Crippen MR) is 149 cm³/mol. The Labute approximate surface area is 228 Å². The number of benzene rings is 2. The van der Waals surface area contributed by atoms with Crippen molar-refractivity contribution in [3.05, 3.63) is 77.1 Å². The molecule has 4 rings (SSSR count). The van der Waals surface area contributed by atoms with E-state index in [0.717, 1.165) is 16.7 Å². The summed E-state index contributed by atoms with van der Waals surface area (Å²) in [5, 5.41) is 5.86. The van der Waals surface area contributed by atoms with Gasteiger partial charge in [0, 0.05) is 23.4 Å². The van der Waals surface area contributed by atoms with Gasteiger partial charge < -0.3 is 10.5 Å². The molecule has 1 amide bonds. The average molecular weight is 550 g/mol. The van der Waals surface area contributed by atoms with Crippen LogP contribution in [0.25, 0.3) is 11.3 Å². The minimum Gasteiger partial charge on any atom is -0.475 e. The number of nitrogens with two attached hydrogens (primary N) is 2. The molecule has 0 aliphatic carbocycles. The lowest BCUT2D eigenvalue weighted by molar-refractivity contribution is -0.106. The van der Waals surface area contributed by atoms with Gasteiger partial charge in [-0.05, 0) is 55.5 Å². The second-order valence-corrected chi connectivity index (χ2v) is 11.5. The van der Waals surface area contributed by atoms with Crippen molar-refractivity contribution in [2.75, 3.05) is 11.3 Å². The molecule has 4 bridgehead atoms. The van der Waals surface area contributed by atoms with Gasteiger partial charge in [-0.15, -0.1) is 0 Å². The fourth-order valence-electron chi connectivity index (χ4n) is 4.69. The van der Waals surface area contributed by atoms with Crippen LogP contribution in [0, 0.1) is 19.8 Å². The van der Waals surface area contributed by atoms with Crippen molar-refractivity contribution >= 4 is 28.1 Å². The van der Waals surface area contributed by atoms with Crippen LogP contribution in [0.4, 0.5) is 5.95 Å². The first-order valence-electron chi connectivity index (χ1n) is 12.6. The molecule has 1 aromatic heterocycles. The Hall–Kier alpha value is -4.25. The number of rotatable bonds is 5. The summed E-state index contributed by atoms with van der Waals surface area (Å²) in [7, 11) is -4.16. The SMILES string of the molecule is Cc1cccc(C)c1-c1cc2nc(n1)NS(=O)(=O)c1cccc(c1)C(=O)N(/C(C=[NH2+])=C/N)[C@H](CC(C)C)CO2. The number of nitrogens with one attached hydrogen (secondary N) is 1. The molecule has 10 nitrogen and oxygen atoms in total. The highest BCUT2D eigenvalue weighted by Gasteiger charge is 2.31. The van der Waals surface area contributed by atoms with E-state index in [-0.39, 0.29) is 40.5 Å². The second-order valence-electron chi connectivity index (χ2n) is 9.84. The Morgan fingerprint density at radius 1 is 1.18 bits per heavy atom. The van der Waals surface area contributed by atoms with Gasteiger partial charge in [-0.3, -0.25) is 15.1 Å². The van der Waals surface area contributed by atoms with Gasteiger partial charge in [0.1, 0.15) is 12.3 Å². The molecule has 1 atom stereocenters. The summed E-state index contributed by atoms with van der Waals surface area (Å²) in [6.45, 7) is 8.01. The van der Waals surface area contributed by atoms with Crippen molar-refractivity contribution in [1.82, 2.24) is 14.9 Å². The summed E-state index contributed by atoms with van der Waals surface area (Å²) in [5.74, 6) is -0.271. The van der Waals surface area contributed by atoms with Gasteiger partial charge in [-0.25, -0.2) is 18.1 Å². The van der Waals surface area contributed by atoms with Crippen LogP contribution in [0.5, 0.6) is 5.88 Å². The highest BCUT2D eigenvalue weighted by atomic mass is 32.2. The standard InChI is InChI=1S/C28H32N6O4S/c1-17(2)11-21-16-38-25-13-24(26-18(3)7-5-8-19(26)4)31-28(32-25)33-39(36,37)23-10-6-9-20(12-23)27(35)34(21)22(14-29)15-30/h5-10,12-15,17,21,29H,11,16,30H2,1-4H3,(H,31,32,33)/p+1/b22-15+,29-14?/t21-/m1/s1. The summed E-state index contributed by atoms with van der Waals surface area (Å²) >= 11 is 0. The van der Waals surface area contributed by atoms with Crippen LogP contribution in [-0.2, 0) is 10.0 Å². The highest BCUT2D eigenvalue weighted by Crippen LogP contribution is 2.30. The molecule has 1 aliphatic rings. The quantitative estimate of drug-likeness (QED) is 0.413. The van der Waals surface area contributed by atoms with Gasteiger partial charge in [0.05, 0.1) is 16.6 Å². The number of aromatic nitrogens is 2. The van der Waals surface area contributed by atoms with Crippen LogP contribution >= 0.6 is 0 Å². The van der Waals surface area contributed by atoms with Crippen LogP contribution in [0.3, 0.4) is 0 Å². The summed E-state index contributed by atoms with van der Waals surface area (Å²) < 4.78 is 35.4. The fraction of sp³-hybridized carbons (Fsp3) is 0.286. The maximum Gasteiger partial charge on any atom is 0.264 e. The van der Waals surface area contributed by atoms with Crippen molar-refractivity contribution < 1.29 is 23.4 Å². The maximum absolute atomic E-state index is 13.8. The smallest absolute Gasteiger partial charge is 0.264 e. The molecule has 0 fully saturated rings. The first kappa shape index (κ1) is 27.8. The third-order valence-corrected chi connectivity index (χ3v) is 7.75. The van der Waals surface area contributed by atoms with E-state index in [1.165, 1.54) is 35.5 Å². The average Bonchev–Trinajstić information content (AvgIpc) is 2.88. The van der Waals surface area contributed by atoms with E-state index in [0.29, 0.717) is 12.1 Å². The number of carbonyl (C=O) groups is 1. The Balaban J connectivity index is 1.95. The van der Waals surface area contributed by atoms with Crippen molar-refractivity contribution in [2.24, 2.45) is 11.7 Å². The van der Waals surface area contributed by atoms with Crippen LogP contribution in [-0.4, -0.2) is 48.1 Å². The highest BCUT2D eigenvalue weighted by molar-refractivity contribution is 7.92. The molecule has 0 unspecified atom stereocenters. The minimum absolute atomic E-state index is 0.0458. The largest absolute Gasteiger partial charge is 0.475 e. The fourth-order valence-corrected chi connectivity index (χ4v) is 5.68. The minimum atomic E-state index is -4.16. The number of carbonyl (C=O) groups excluding carboxylic acids is 1. The molecule has 204 valence electrons. The lowest BCUT2D eigenvalue weighted by atomic mass is 10.00. The molecule has 2 heterocycles. The van der Waals surface area contributed by atoms with Crippen molar-refractivity contribution in [2.45, 2.75) is 45.1 Å². The van der Waals surface area contributed by atoms with Gasteiger partial charge in [0.15, 0.2) is 6.21 Å². The third kappa shape index (κ3) is 5.93. The van der Waals surface area contributed by atoms with Gasteiger partial charge in [-0.2, -0.15) is 4.98 Å². The third-order valence-electron chi connectivity index (χ3n) is 6.43. The second kappa shape index (κ2) is 11.2. The van der Waals surface area contributed by atoms with E-state index < -0.39 is 22.0 Å². The van der Waals surface area contributed by atoms with E-state index in [4.69, 9.17) is 15.9 Å². The summed E-state index contributed by atoms with van der Waals surface area (Å²) in [4.78, 5) is 24.1. The summed E-state index contributed by atoms with van der Waals surface area (Å²) in [6, 6.07) is 12.8. The molecule has 2 aromatic carbocycles. The molecule has 0 radical (unpaired) electrons. The topological polar surface area (TPSA) is 153 Å². The first-order valence-corrected chi connectivity index (χ1v) is 14.0. The zero-order chi connectivity index (χ0) is 28.3. The van der Waals surface area contributed by atoms with Gasteiger partial charge >= 0.3 is 0 Å². The van der Waals surface area contributed by atoms with Crippen LogP contribution in [0.15, 0.2) is 65.3 Å². The summed E-state index contributed by atoms with van der Waals surface area (Å²) in [5.41, 5.74) is 9.56. The van der Waals surface area contributed by atoms with E-state index in [1.54, 1.807) is 12.1 Å². The molecule has 3 aromatic rings. The van der Waals surface area contributed by atoms with Crippen LogP contribution in [0.1, 0.15) is 41.8 Å². The van der Waals surface area contributed by atoms with Gasteiger partial charge in [-0.1, -0.05) is 38.1 Å². The number of hydrogen-bond donors (Lipinski definition) is 3. The molecule has 0 spiro atoms. The number of nitrogens with zero attached hydrogens (tertiary/aromatic N) is 3. The number of ether oxygens (including phenoxy) is 1. The number of anilines is 1. The van der Waals surface area contributed by atoms with Crippen LogP contribution < -0.4 is 20.6 Å². The maximum atomic E-state index is 13.8. The number of allylic oxidation sites excluding steroid dienone is 1. The van der Waals surface area contributed by atoms with E-state index >= 15 is 0 Å². The van der Waals surface area contributed by atoms with Crippen molar-refractivity contribution in [3.63, 3.8) is 0 Å². The molecule has 0 saturated heterocycles. The molecule has 0 saturated carbocycles. The first-order chi connectivity index (χ1) is 18.5. The van der Waals surface area contributed by atoms with Gasteiger partial charge in [0.25, 0.3) is 15.9 Å². The number of hydrogen-bond acceptors (Lipinski definition) is 7. The number of fused-ring (bicyclic) bond motifs is 4. The zero-order valence-electron chi connectivity index (χ0n) is 22.4. The van der Waals surface area contributed by atoms with E-state index in [2.05, 4.69) is 14.7 Å². The van der Waals surface area contributed by atoms with Crippen molar-refractivity contribution in [3.8, 4) is 17.1 Å². The monoisotopic (exact) mass is 549 g/mol. The number of amides is 1.